The van der Waals surface area contributed by atoms with Gasteiger partial charge in [-0.3, -0.25) is 0 Å². The van der Waals surface area contributed by atoms with E-state index < -0.39 is 0 Å². The highest BCUT2D eigenvalue weighted by atomic mass is 32.1. The molecule has 1 aromatic carbocycles. The molecule has 0 radical (unpaired) electrons. The van der Waals surface area contributed by atoms with Crippen molar-refractivity contribution < 1.29 is 0 Å². The lowest BCUT2D eigenvalue weighted by atomic mass is 10.1. The summed E-state index contributed by atoms with van der Waals surface area (Å²) < 4.78 is 1.41. The van der Waals surface area contributed by atoms with Crippen molar-refractivity contribution in [3.63, 3.8) is 0 Å². The Morgan fingerprint density at radius 3 is 2.93 bits per heavy atom. The van der Waals surface area contributed by atoms with Crippen LogP contribution < -0.4 is 5.32 Å². The number of hydrogen-bond acceptors (Lipinski definition) is 2. The van der Waals surface area contributed by atoms with Gasteiger partial charge in [-0.25, -0.2) is 0 Å². The van der Waals surface area contributed by atoms with Crippen LogP contribution in [0.15, 0.2) is 23.6 Å². The summed E-state index contributed by atoms with van der Waals surface area (Å²) in [5.41, 5.74) is 2.81. The molecule has 0 aliphatic rings. The van der Waals surface area contributed by atoms with Gasteiger partial charge in [-0.05, 0) is 55.3 Å². The van der Waals surface area contributed by atoms with E-state index in [1.165, 1.54) is 21.2 Å². The highest BCUT2D eigenvalue weighted by molar-refractivity contribution is 7.17. The van der Waals surface area contributed by atoms with Crippen LogP contribution in [-0.2, 0) is 6.42 Å². The Kier molecular flexibility index (Phi) is 3.08. The fourth-order valence-electron chi connectivity index (χ4n) is 1.79. The van der Waals surface area contributed by atoms with Crippen molar-refractivity contribution in [2.45, 2.75) is 26.3 Å². The second-order valence-corrected chi connectivity index (χ2v) is 5.05. The molecule has 1 atom stereocenters. The van der Waals surface area contributed by atoms with Crippen LogP contribution in [-0.4, -0.2) is 13.1 Å². The number of hydrogen-bond donors (Lipinski definition) is 1. The van der Waals surface area contributed by atoms with E-state index in [9.17, 15) is 0 Å². The summed E-state index contributed by atoms with van der Waals surface area (Å²) in [6.07, 6.45) is 1.10. The van der Waals surface area contributed by atoms with Gasteiger partial charge in [-0.15, -0.1) is 11.3 Å². The minimum absolute atomic E-state index is 0.545. The van der Waals surface area contributed by atoms with E-state index in [0.29, 0.717) is 6.04 Å². The molecule has 0 saturated heterocycles. The Hall–Kier alpha value is -0.860. The predicted molar refractivity (Wildman–Crippen MR) is 68.8 cm³/mol. The van der Waals surface area contributed by atoms with Crippen molar-refractivity contribution in [3.8, 4) is 0 Å². The Bertz CT molecular complexity index is 459. The van der Waals surface area contributed by atoms with Crippen LogP contribution in [0.25, 0.3) is 10.1 Å². The second-order valence-electron chi connectivity index (χ2n) is 4.14. The monoisotopic (exact) mass is 219 g/mol. The quantitative estimate of drug-likeness (QED) is 0.834. The van der Waals surface area contributed by atoms with Gasteiger partial charge >= 0.3 is 0 Å². The minimum atomic E-state index is 0.545. The van der Waals surface area contributed by atoms with Gasteiger partial charge in [0.2, 0.25) is 0 Å². The maximum Gasteiger partial charge on any atom is 0.0348 e. The Morgan fingerprint density at radius 1 is 1.40 bits per heavy atom. The molecule has 0 saturated carbocycles. The fraction of sp³-hybridized carbons (Fsp3) is 0.385. The Labute approximate surface area is 95.1 Å². The van der Waals surface area contributed by atoms with Crippen LogP contribution in [0, 0.1) is 6.92 Å². The third kappa shape index (κ3) is 2.21. The lowest BCUT2D eigenvalue weighted by Crippen LogP contribution is -2.23. The SMILES string of the molecule is CNC(C)Cc1ccc2c(C)csc2c1. The number of likely N-dealkylation sites (N-methyl/N-ethyl adjacent to an activating group) is 1. The molecule has 2 heteroatoms. The first-order valence-electron chi connectivity index (χ1n) is 5.34. The normalized spacial score (nSPS) is 13.3. The molecule has 1 unspecified atom stereocenters. The first-order valence-corrected chi connectivity index (χ1v) is 6.22. The minimum Gasteiger partial charge on any atom is -0.317 e. The molecule has 1 aromatic heterocycles. The van der Waals surface area contributed by atoms with Gasteiger partial charge in [0.05, 0.1) is 0 Å². The smallest absolute Gasteiger partial charge is 0.0348 e. The summed E-state index contributed by atoms with van der Waals surface area (Å²) in [5.74, 6) is 0. The van der Waals surface area contributed by atoms with Gasteiger partial charge in [0.15, 0.2) is 0 Å². The van der Waals surface area contributed by atoms with Gasteiger partial charge in [-0.1, -0.05) is 12.1 Å². The van der Waals surface area contributed by atoms with E-state index in [2.05, 4.69) is 42.7 Å². The number of rotatable bonds is 3. The average molecular weight is 219 g/mol. The molecule has 1 nitrogen and oxygen atoms in total. The molecule has 0 aliphatic carbocycles. The van der Waals surface area contributed by atoms with E-state index in [0.717, 1.165) is 6.42 Å². The van der Waals surface area contributed by atoms with E-state index in [-0.39, 0.29) is 0 Å². The van der Waals surface area contributed by atoms with E-state index in [4.69, 9.17) is 0 Å². The van der Waals surface area contributed by atoms with Gasteiger partial charge in [0.1, 0.15) is 0 Å². The molecule has 15 heavy (non-hydrogen) atoms. The van der Waals surface area contributed by atoms with Crippen molar-refractivity contribution in [2.75, 3.05) is 7.05 Å². The van der Waals surface area contributed by atoms with Crippen LogP contribution in [0.1, 0.15) is 18.1 Å². The van der Waals surface area contributed by atoms with Crippen LogP contribution in [0.2, 0.25) is 0 Å². The van der Waals surface area contributed by atoms with Crippen molar-refractivity contribution in [3.05, 3.63) is 34.7 Å². The molecule has 80 valence electrons. The summed E-state index contributed by atoms with van der Waals surface area (Å²) in [7, 11) is 2.01. The van der Waals surface area contributed by atoms with Crippen LogP contribution in [0.5, 0.6) is 0 Å². The van der Waals surface area contributed by atoms with E-state index in [1.54, 1.807) is 0 Å². The topological polar surface area (TPSA) is 12.0 Å². The third-order valence-corrected chi connectivity index (χ3v) is 3.93. The maximum atomic E-state index is 3.27. The van der Waals surface area contributed by atoms with Crippen molar-refractivity contribution in [1.29, 1.82) is 0 Å². The Balaban J connectivity index is 2.31. The molecule has 0 spiro atoms. The van der Waals surface area contributed by atoms with Crippen molar-refractivity contribution in [1.82, 2.24) is 5.32 Å². The molecule has 0 amide bonds. The first kappa shape index (κ1) is 10.7. The maximum absolute atomic E-state index is 3.27. The number of nitrogens with one attached hydrogen (secondary N) is 1. The lowest BCUT2D eigenvalue weighted by molar-refractivity contribution is 0.609. The highest BCUT2D eigenvalue weighted by Gasteiger charge is 2.04. The molecule has 1 heterocycles. The Morgan fingerprint density at radius 2 is 2.20 bits per heavy atom. The van der Waals surface area contributed by atoms with Crippen molar-refractivity contribution >= 4 is 21.4 Å². The molecule has 0 aliphatic heterocycles. The van der Waals surface area contributed by atoms with Crippen molar-refractivity contribution in [2.24, 2.45) is 0 Å². The summed E-state index contributed by atoms with van der Waals surface area (Å²) in [4.78, 5) is 0. The van der Waals surface area contributed by atoms with Crippen LogP contribution in [0.4, 0.5) is 0 Å². The van der Waals surface area contributed by atoms with Gasteiger partial charge in [0.25, 0.3) is 0 Å². The van der Waals surface area contributed by atoms with E-state index in [1.807, 2.05) is 18.4 Å². The number of fused-ring (bicyclic) bond motifs is 1. The zero-order chi connectivity index (χ0) is 10.8. The summed E-state index contributed by atoms with van der Waals surface area (Å²) in [6, 6.07) is 7.36. The van der Waals surface area contributed by atoms with Crippen LogP contribution in [0.3, 0.4) is 0 Å². The van der Waals surface area contributed by atoms with Gasteiger partial charge in [0, 0.05) is 10.7 Å². The fourth-order valence-corrected chi connectivity index (χ4v) is 2.79. The molecular weight excluding hydrogens is 202 g/mol. The summed E-state index contributed by atoms with van der Waals surface area (Å²) in [6.45, 7) is 4.39. The zero-order valence-electron chi connectivity index (χ0n) is 9.50. The summed E-state index contributed by atoms with van der Waals surface area (Å²) in [5, 5.41) is 6.91. The van der Waals surface area contributed by atoms with Gasteiger partial charge in [-0.2, -0.15) is 0 Å². The molecule has 1 N–H and O–H groups in total. The number of thiophene rings is 1. The lowest BCUT2D eigenvalue weighted by Gasteiger charge is -2.09. The molecule has 2 aromatic rings. The highest BCUT2D eigenvalue weighted by Crippen LogP contribution is 2.26. The standard InChI is InChI=1S/C13H17NS/c1-9-8-15-13-7-11(4-5-12(9)13)6-10(2)14-3/h4-5,7-8,10,14H,6H2,1-3H3. The molecular formula is C13H17NS. The first-order chi connectivity index (χ1) is 7.20. The molecule has 0 fully saturated rings. The largest absolute Gasteiger partial charge is 0.317 e. The average Bonchev–Trinajstić information content (AvgIpc) is 2.60. The van der Waals surface area contributed by atoms with Crippen LogP contribution >= 0.6 is 11.3 Å². The number of benzene rings is 1. The van der Waals surface area contributed by atoms with Gasteiger partial charge < -0.3 is 5.32 Å². The zero-order valence-corrected chi connectivity index (χ0v) is 10.3. The molecule has 2 rings (SSSR count). The predicted octanol–water partition coefficient (Wildman–Crippen LogP) is 3.36. The second kappa shape index (κ2) is 4.33. The van der Waals surface area contributed by atoms with E-state index >= 15 is 0 Å². The summed E-state index contributed by atoms with van der Waals surface area (Å²) >= 11 is 1.84. The number of aryl methyl sites for hydroxylation is 1. The molecule has 0 bridgehead atoms. The third-order valence-electron chi connectivity index (χ3n) is 2.87.